The molecule has 0 atom stereocenters. The van der Waals surface area contributed by atoms with Crippen molar-refractivity contribution >= 4 is 22.4 Å². The topological polar surface area (TPSA) is 58.2 Å². The monoisotopic (exact) mass is 318 g/mol. The quantitative estimate of drug-likeness (QED) is 0.811. The number of halogens is 4. The zero-order valence-electron chi connectivity index (χ0n) is 9.99. The second kappa shape index (κ2) is 7.09. The summed E-state index contributed by atoms with van der Waals surface area (Å²) in [6.07, 6.45) is -4.56. The summed E-state index contributed by atoms with van der Waals surface area (Å²) in [7, 11) is -2.27. The van der Waals surface area contributed by atoms with E-state index in [0.29, 0.717) is 12.6 Å². The highest BCUT2D eigenvalue weighted by Crippen LogP contribution is 2.30. The van der Waals surface area contributed by atoms with Gasteiger partial charge in [-0.2, -0.15) is 13.2 Å². The Hall–Kier alpha value is -0.830. The molecular formula is C10H14ClF3N2O2S. The summed E-state index contributed by atoms with van der Waals surface area (Å²) in [5.74, 6) is 0. The SMILES string of the molecule is CNCCNS(=O)(=O)c1cccc(C(F)(F)F)c1.Cl. The van der Waals surface area contributed by atoms with E-state index in [1.54, 1.807) is 7.05 Å². The lowest BCUT2D eigenvalue weighted by molar-refractivity contribution is -0.137. The zero-order chi connectivity index (χ0) is 13.8. The molecular weight excluding hydrogens is 305 g/mol. The summed E-state index contributed by atoms with van der Waals surface area (Å²) < 4.78 is 62.9. The van der Waals surface area contributed by atoms with E-state index in [4.69, 9.17) is 0 Å². The smallest absolute Gasteiger partial charge is 0.318 e. The van der Waals surface area contributed by atoms with Crippen LogP contribution < -0.4 is 10.0 Å². The van der Waals surface area contributed by atoms with Crippen LogP contribution in [-0.4, -0.2) is 28.6 Å². The normalized spacial score (nSPS) is 12.0. The molecule has 0 amide bonds. The van der Waals surface area contributed by atoms with Crippen LogP contribution in [0.5, 0.6) is 0 Å². The van der Waals surface area contributed by atoms with E-state index in [2.05, 4.69) is 10.0 Å². The van der Waals surface area contributed by atoms with Crippen LogP contribution in [0.25, 0.3) is 0 Å². The highest BCUT2D eigenvalue weighted by molar-refractivity contribution is 7.89. The fourth-order valence-electron chi connectivity index (χ4n) is 1.23. The first-order valence-corrected chi connectivity index (χ1v) is 6.57. The molecule has 1 rings (SSSR count). The van der Waals surface area contributed by atoms with Crippen molar-refractivity contribution < 1.29 is 21.6 Å². The van der Waals surface area contributed by atoms with Crippen molar-refractivity contribution in [1.82, 2.24) is 10.0 Å². The Morgan fingerprint density at radius 3 is 2.37 bits per heavy atom. The maximum absolute atomic E-state index is 12.4. The van der Waals surface area contributed by atoms with Crippen LogP contribution in [-0.2, 0) is 16.2 Å². The van der Waals surface area contributed by atoms with E-state index in [0.717, 1.165) is 18.2 Å². The molecule has 0 saturated carbocycles. The molecule has 110 valence electrons. The van der Waals surface area contributed by atoms with Crippen LogP contribution in [0.2, 0.25) is 0 Å². The molecule has 0 heterocycles. The van der Waals surface area contributed by atoms with Crippen LogP contribution >= 0.6 is 12.4 Å². The minimum absolute atomic E-state index is 0. The lowest BCUT2D eigenvalue weighted by Crippen LogP contribution is -2.30. The molecule has 0 aliphatic rings. The average Bonchev–Trinajstić information content (AvgIpc) is 2.28. The van der Waals surface area contributed by atoms with Crippen molar-refractivity contribution in [2.24, 2.45) is 0 Å². The first-order chi connectivity index (χ1) is 8.27. The molecule has 0 aromatic heterocycles. The summed E-state index contributed by atoms with van der Waals surface area (Å²) in [6, 6.07) is 3.63. The van der Waals surface area contributed by atoms with Gasteiger partial charge in [0.1, 0.15) is 0 Å². The van der Waals surface area contributed by atoms with Gasteiger partial charge in [0.15, 0.2) is 0 Å². The van der Waals surface area contributed by atoms with E-state index in [1.165, 1.54) is 0 Å². The van der Waals surface area contributed by atoms with Gasteiger partial charge in [-0.3, -0.25) is 0 Å². The maximum Gasteiger partial charge on any atom is 0.416 e. The zero-order valence-corrected chi connectivity index (χ0v) is 11.6. The number of hydrogen-bond donors (Lipinski definition) is 2. The van der Waals surface area contributed by atoms with Crippen LogP contribution in [0.15, 0.2) is 29.2 Å². The Labute approximate surface area is 115 Å². The van der Waals surface area contributed by atoms with Crippen LogP contribution in [0.1, 0.15) is 5.56 Å². The van der Waals surface area contributed by atoms with Gasteiger partial charge in [0.05, 0.1) is 10.5 Å². The van der Waals surface area contributed by atoms with E-state index in [9.17, 15) is 21.6 Å². The van der Waals surface area contributed by atoms with Gasteiger partial charge in [-0.15, -0.1) is 12.4 Å². The van der Waals surface area contributed by atoms with Crippen molar-refractivity contribution in [2.75, 3.05) is 20.1 Å². The maximum atomic E-state index is 12.4. The largest absolute Gasteiger partial charge is 0.416 e. The molecule has 1 aromatic carbocycles. The third kappa shape index (κ3) is 5.35. The van der Waals surface area contributed by atoms with Gasteiger partial charge in [0, 0.05) is 13.1 Å². The van der Waals surface area contributed by atoms with Crippen molar-refractivity contribution in [3.8, 4) is 0 Å². The molecule has 9 heteroatoms. The molecule has 0 fully saturated rings. The molecule has 19 heavy (non-hydrogen) atoms. The summed E-state index contributed by atoms with van der Waals surface area (Å²) in [6.45, 7) is 0.493. The minimum Gasteiger partial charge on any atom is -0.318 e. The number of hydrogen-bond acceptors (Lipinski definition) is 3. The molecule has 0 unspecified atom stereocenters. The Morgan fingerprint density at radius 1 is 1.21 bits per heavy atom. The molecule has 0 saturated heterocycles. The number of alkyl halides is 3. The molecule has 0 aliphatic heterocycles. The number of nitrogens with one attached hydrogen (secondary N) is 2. The van der Waals surface area contributed by atoms with Crippen molar-refractivity contribution in [3.05, 3.63) is 29.8 Å². The second-order valence-corrected chi connectivity index (χ2v) is 5.29. The molecule has 4 nitrogen and oxygen atoms in total. The first-order valence-electron chi connectivity index (χ1n) is 5.09. The average molecular weight is 319 g/mol. The highest BCUT2D eigenvalue weighted by atomic mass is 35.5. The van der Waals surface area contributed by atoms with Crippen molar-refractivity contribution in [1.29, 1.82) is 0 Å². The predicted octanol–water partition coefficient (Wildman–Crippen LogP) is 1.62. The Balaban J connectivity index is 0.00000324. The lowest BCUT2D eigenvalue weighted by atomic mass is 10.2. The van der Waals surface area contributed by atoms with Crippen LogP contribution in [0, 0.1) is 0 Å². The summed E-state index contributed by atoms with van der Waals surface area (Å²) in [5.41, 5.74) is -0.987. The summed E-state index contributed by atoms with van der Waals surface area (Å²) in [4.78, 5) is -0.395. The van der Waals surface area contributed by atoms with E-state index in [1.807, 2.05) is 0 Å². The number of likely N-dealkylation sites (N-methyl/N-ethyl adjacent to an activating group) is 1. The Morgan fingerprint density at radius 2 is 1.84 bits per heavy atom. The summed E-state index contributed by atoms with van der Waals surface area (Å²) >= 11 is 0. The van der Waals surface area contributed by atoms with Gasteiger partial charge >= 0.3 is 6.18 Å². The van der Waals surface area contributed by atoms with E-state index < -0.39 is 26.7 Å². The number of benzene rings is 1. The Bertz CT molecular complexity index is 506. The van der Waals surface area contributed by atoms with E-state index in [-0.39, 0.29) is 19.0 Å². The standard InChI is InChI=1S/C10H13F3N2O2S.ClH/c1-14-5-6-15-18(16,17)9-4-2-3-8(7-9)10(11,12)13;/h2-4,7,14-15H,5-6H2,1H3;1H. The molecule has 0 aliphatic carbocycles. The third-order valence-corrected chi connectivity index (χ3v) is 3.60. The predicted molar refractivity (Wildman–Crippen MR) is 67.8 cm³/mol. The van der Waals surface area contributed by atoms with Gasteiger partial charge in [-0.25, -0.2) is 13.1 Å². The fraction of sp³-hybridized carbons (Fsp3) is 0.400. The lowest BCUT2D eigenvalue weighted by Gasteiger charge is -2.10. The fourth-order valence-corrected chi connectivity index (χ4v) is 2.31. The molecule has 0 spiro atoms. The van der Waals surface area contributed by atoms with Gasteiger partial charge in [-0.1, -0.05) is 6.07 Å². The van der Waals surface area contributed by atoms with Crippen molar-refractivity contribution in [2.45, 2.75) is 11.1 Å². The first kappa shape index (κ1) is 18.2. The van der Waals surface area contributed by atoms with Crippen LogP contribution in [0.4, 0.5) is 13.2 Å². The van der Waals surface area contributed by atoms with Crippen molar-refractivity contribution in [3.63, 3.8) is 0 Å². The van der Waals surface area contributed by atoms with Gasteiger partial charge < -0.3 is 5.32 Å². The third-order valence-electron chi connectivity index (χ3n) is 2.14. The molecule has 2 N–H and O–H groups in total. The van der Waals surface area contributed by atoms with Gasteiger partial charge in [0.2, 0.25) is 10.0 Å². The molecule has 1 aromatic rings. The highest BCUT2D eigenvalue weighted by Gasteiger charge is 2.31. The summed E-state index contributed by atoms with van der Waals surface area (Å²) in [5, 5.41) is 2.72. The number of rotatable bonds is 5. The molecule has 0 radical (unpaired) electrons. The van der Waals surface area contributed by atoms with Crippen LogP contribution in [0.3, 0.4) is 0 Å². The van der Waals surface area contributed by atoms with E-state index >= 15 is 0 Å². The van der Waals surface area contributed by atoms with Gasteiger partial charge in [-0.05, 0) is 25.2 Å². The number of sulfonamides is 1. The Kier molecular flexibility index (Phi) is 6.78. The molecule has 0 bridgehead atoms. The minimum atomic E-state index is -4.56. The van der Waals surface area contributed by atoms with Gasteiger partial charge in [0.25, 0.3) is 0 Å². The second-order valence-electron chi connectivity index (χ2n) is 3.53.